The highest BCUT2D eigenvalue weighted by molar-refractivity contribution is 8.14. The maximum atomic E-state index is 11.3. The second kappa shape index (κ2) is 2.63. The monoisotopic (exact) mass is 222 g/mol. The third-order valence-corrected chi connectivity index (χ3v) is 6.13. The van der Waals surface area contributed by atoms with Gasteiger partial charge in [-0.25, -0.2) is 8.42 Å². The second-order valence-corrected chi connectivity index (χ2v) is 7.80. The lowest BCUT2D eigenvalue weighted by Gasteiger charge is -2.59. The summed E-state index contributed by atoms with van der Waals surface area (Å²) in [5, 5.41) is -0.283. The number of hydrogen-bond acceptors (Lipinski definition) is 2. The van der Waals surface area contributed by atoms with Gasteiger partial charge in [-0.3, -0.25) is 0 Å². The molecule has 0 aromatic rings. The molecule has 3 atom stereocenters. The minimum Gasteiger partial charge on any atom is -0.212 e. The molecule has 0 heterocycles. The van der Waals surface area contributed by atoms with Crippen molar-refractivity contribution in [2.24, 2.45) is 17.3 Å². The van der Waals surface area contributed by atoms with Crippen LogP contribution in [0, 0.1) is 17.3 Å². The molecule has 0 spiro atoms. The topological polar surface area (TPSA) is 34.1 Å². The van der Waals surface area contributed by atoms with Crippen LogP contribution in [0.3, 0.4) is 0 Å². The van der Waals surface area contributed by atoms with Gasteiger partial charge in [0, 0.05) is 10.7 Å². The molecule has 3 aliphatic carbocycles. The summed E-state index contributed by atoms with van der Waals surface area (Å²) in [6.45, 7) is 4.33. The molecule has 0 N–H and O–H groups in total. The van der Waals surface area contributed by atoms with Crippen LogP contribution in [0.1, 0.15) is 33.1 Å². The molecule has 2 bridgehead atoms. The molecule has 76 valence electrons. The zero-order valence-electron chi connectivity index (χ0n) is 7.96. The summed E-state index contributed by atoms with van der Waals surface area (Å²) in [7, 11) is 2.09. The van der Waals surface area contributed by atoms with Crippen LogP contribution in [0.5, 0.6) is 0 Å². The Morgan fingerprint density at radius 1 is 1.31 bits per heavy atom. The van der Waals surface area contributed by atoms with Crippen molar-refractivity contribution in [2.75, 3.05) is 0 Å². The third kappa shape index (κ3) is 1.32. The molecule has 13 heavy (non-hydrogen) atoms. The highest BCUT2D eigenvalue weighted by atomic mass is 35.7. The van der Waals surface area contributed by atoms with E-state index in [9.17, 15) is 8.42 Å². The first-order chi connectivity index (χ1) is 5.83. The van der Waals surface area contributed by atoms with Crippen LogP contribution in [0.4, 0.5) is 0 Å². The van der Waals surface area contributed by atoms with Gasteiger partial charge in [-0.1, -0.05) is 13.8 Å². The van der Waals surface area contributed by atoms with Crippen LogP contribution in [0.15, 0.2) is 0 Å². The normalized spacial score (nSPS) is 42.5. The maximum Gasteiger partial charge on any atom is 0.235 e. The average Bonchev–Trinajstić information content (AvgIpc) is 2.02. The van der Waals surface area contributed by atoms with Gasteiger partial charge in [-0.05, 0) is 36.5 Å². The van der Waals surface area contributed by atoms with Crippen LogP contribution in [-0.4, -0.2) is 13.7 Å². The summed E-state index contributed by atoms with van der Waals surface area (Å²) in [5.74, 6) is 1.03. The van der Waals surface area contributed by atoms with Gasteiger partial charge in [0.15, 0.2) is 0 Å². The van der Waals surface area contributed by atoms with Gasteiger partial charge in [0.25, 0.3) is 0 Å². The molecule has 3 fully saturated rings. The van der Waals surface area contributed by atoms with Crippen molar-refractivity contribution in [3.63, 3.8) is 0 Å². The van der Waals surface area contributed by atoms with Gasteiger partial charge >= 0.3 is 0 Å². The van der Waals surface area contributed by atoms with E-state index in [1.807, 2.05) is 0 Å². The van der Waals surface area contributed by atoms with Gasteiger partial charge in [0.2, 0.25) is 9.05 Å². The first-order valence-electron chi connectivity index (χ1n) is 4.77. The van der Waals surface area contributed by atoms with Crippen LogP contribution >= 0.6 is 10.7 Å². The SMILES string of the molecule is CC1(C)C2CCC(S(=O)(=O)Cl)C1C2. The molecule has 4 heteroatoms. The Hall–Kier alpha value is 0.240. The number of halogens is 1. The van der Waals surface area contributed by atoms with Crippen molar-refractivity contribution in [1.29, 1.82) is 0 Å². The first kappa shape index (κ1) is 9.78. The van der Waals surface area contributed by atoms with Crippen molar-refractivity contribution in [3.05, 3.63) is 0 Å². The van der Waals surface area contributed by atoms with E-state index in [1.54, 1.807) is 0 Å². The summed E-state index contributed by atoms with van der Waals surface area (Å²) in [4.78, 5) is 0. The summed E-state index contributed by atoms with van der Waals surface area (Å²) < 4.78 is 22.5. The molecule has 0 aromatic carbocycles. The quantitative estimate of drug-likeness (QED) is 0.639. The largest absolute Gasteiger partial charge is 0.235 e. The highest BCUT2D eigenvalue weighted by Gasteiger charge is 2.57. The predicted octanol–water partition coefficient (Wildman–Crippen LogP) is 2.38. The van der Waals surface area contributed by atoms with Crippen molar-refractivity contribution in [1.82, 2.24) is 0 Å². The standard InChI is InChI=1S/C9H15ClO2S/c1-9(2)6-3-4-8(7(9)5-6)13(10,11)12/h6-8H,3-5H2,1-2H3. The smallest absolute Gasteiger partial charge is 0.212 e. The van der Waals surface area contributed by atoms with E-state index in [0.29, 0.717) is 5.92 Å². The Bertz CT molecular complexity index is 319. The second-order valence-electron chi connectivity index (χ2n) is 4.95. The van der Waals surface area contributed by atoms with Gasteiger partial charge in [-0.15, -0.1) is 0 Å². The number of fused-ring (bicyclic) bond motifs is 2. The molecular weight excluding hydrogens is 208 g/mol. The van der Waals surface area contributed by atoms with E-state index in [0.717, 1.165) is 25.2 Å². The van der Waals surface area contributed by atoms with Crippen LogP contribution < -0.4 is 0 Å². The van der Waals surface area contributed by atoms with Crippen LogP contribution in [0.25, 0.3) is 0 Å². The van der Waals surface area contributed by atoms with Gasteiger partial charge in [-0.2, -0.15) is 0 Å². The molecule has 3 rings (SSSR count). The molecule has 0 amide bonds. The van der Waals surface area contributed by atoms with E-state index in [1.165, 1.54) is 0 Å². The number of hydrogen-bond donors (Lipinski definition) is 0. The number of rotatable bonds is 1. The summed E-state index contributed by atoms with van der Waals surface area (Å²) in [6.07, 6.45) is 2.86. The summed E-state index contributed by atoms with van der Waals surface area (Å²) >= 11 is 0. The lowest BCUT2D eigenvalue weighted by molar-refractivity contribution is -0.0609. The van der Waals surface area contributed by atoms with E-state index < -0.39 is 9.05 Å². The fourth-order valence-corrected chi connectivity index (χ4v) is 4.99. The van der Waals surface area contributed by atoms with Gasteiger partial charge < -0.3 is 0 Å². The molecule has 3 unspecified atom stereocenters. The zero-order chi connectivity index (χ0) is 9.85. The van der Waals surface area contributed by atoms with Crippen LogP contribution in [-0.2, 0) is 9.05 Å². The minimum absolute atomic E-state index is 0.199. The predicted molar refractivity (Wildman–Crippen MR) is 53.2 cm³/mol. The molecule has 0 saturated heterocycles. The fraction of sp³-hybridized carbons (Fsp3) is 1.00. The molecule has 0 radical (unpaired) electrons. The third-order valence-electron chi connectivity index (χ3n) is 4.16. The Balaban J connectivity index is 2.26. The van der Waals surface area contributed by atoms with E-state index in [4.69, 9.17) is 10.7 Å². The molecule has 3 saturated carbocycles. The Morgan fingerprint density at radius 2 is 1.92 bits per heavy atom. The molecule has 0 aliphatic heterocycles. The van der Waals surface area contributed by atoms with Crippen molar-refractivity contribution >= 4 is 19.7 Å². The van der Waals surface area contributed by atoms with Gasteiger partial charge in [0.1, 0.15) is 0 Å². The summed E-state index contributed by atoms with van der Waals surface area (Å²) in [6, 6.07) is 0. The van der Waals surface area contributed by atoms with Crippen molar-refractivity contribution in [2.45, 2.75) is 38.4 Å². The van der Waals surface area contributed by atoms with Crippen LogP contribution in [0.2, 0.25) is 0 Å². The summed E-state index contributed by atoms with van der Waals surface area (Å²) in [5.41, 5.74) is 0.199. The molecular formula is C9H15ClO2S. The molecule has 3 aliphatic rings. The van der Waals surface area contributed by atoms with E-state index in [-0.39, 0.29) is 10.7 Å². The highest BCUT2D eigenvalue weighted by Crippen LogP contribution is 2.60. The van der Waals surface area contributed by atoms with Crippen molar-refractivity contribution < 1.29 is 8.42 Å². The zero-order valence-corrected chi connectivity index (χ0v) is 9.53. The lowest BCUT2D eigenvalue weighted by Crippen LogP contribution is -2.56. The first-order valence-corrected chi connectivity index (χ1v) is 7.14. The lowest BCUT2D eigenvalue weighted by atomic mass is 9.49. The molecule has 2 nitrogen and oxygen atoms in total. The fourth-order valence-electron chi connectivity index (χ4n) is 3.08. The Kier molecular flexibility index (Phi) is 1.98. The van der Waals surface area contributed by atoms with Gasteiger partial charge in [0.05, 0.1) is 5.25 Å². The van der Waals surface area contributed by atoms with Crippen molar-refractivity contribution in [3.8, 4) is 0 Å². The molecule has 0 aromatic heterocycles. The minimum atomic E-state index is -3.34. The maximum absolute atomic E-state index is 11.3. The Labute approximate surface area is 84.1 Å². The Morgan fingerprint density at radius 3 is 2.23 bits per heavy atom. The van der Waals surface area contributed by atoms with E-state index >= 15 is 0 Å². The van der Waals surface area contributed by atoms with E-state index in [2.05, 4.69) is 13.8 Å². The average molecular weight is 223 g/mol.